The molecule has 2 aromatic carbocycles. The molecule has 1 aliphatic heterocycles. The van der Waals surface area contributed by atoms with Gasteiger partial charge in [0.2, 0.25) is 11.3 Å². The standard InChI is InChI=1S/C25H25FN4O4/c1-29-14-19(25-27-24(28-34-25)15-9-16(32-2)11-17(10-15)33-3)23(31)18-12-20(26)22(13-21(18)29)30-7-5-4-6-8-30/h9-14H,4-8H2,1-3H3. The third-order valence-corrected chi connectivity index (χ3v) is 6.22. The molecule has 0 aliphatic carbocycles. The number of ether oxygens (including phenoxy) is 2. The Bertz CT molecular complexity index is 1400. The molecule has 0 atom stereocenters. The van der Waals surface area contributed by atoms with Gasteiger partial charge in [0, 0.05) is 43.4 Å². The van der Waals surface area contributed by atoms with Gasteiger partial charge in [0.05, 0.1) is 25.4 Å². The SMILES string of the molecule is COc1cc(OC)cc(-c2noc(-c3cn(C)c4cc(N5CCCCC5)c(F)cc4c3=O)n2)c1. The highest BCUT2D eigenvalue weighted by molar-refractivity contribution is 5.86. The largest absolute Gasteiger partial charge is 0.497 e. The summed E-state index contributed by atoms with van der Waals surface area (Å²) in [5.41, 5.74) is 1.63. The zero-order chi connectivity index (χ0) is 23.8. The molecule has 0 saturated carbocycles. The summed E-state index contributed by atoms with van der Waals surface area (Å²) in [6.07, 6.45) is 4.87. The maximum Gasteiger partial charge on any atom is 0.263 e. The fraction of sp³-hybridized carbons (Fsp3) is 0.320. The van der Waals surface area contributed by atoms with Gasteiger partial charge in [-0.05, 0) is 43.5 Å². The lowest BCUT2D eigenvalue weighted by molar-refractivity contribution is 0.394. The van der Waals surface area contributed by atoms with Crippen molar-refractivity contribution in [2.75, 3.05) is 32.2 Å². The molecule has 9 heteroatoms. The lowest BCUT2D eigenvalue weighted by atomic mass is 10.1. The maximum absolute atomic E-state index is 15.1. The second-order valence-corrected chi connectivity index (χ2v) is 8.38. The smallest absolute Gasteiger partial charge is 0.263 e. The summed E-state index contributed by atoms with van der Waals surface area (Å²) < 4.78 is 32.9. The van der Waals surface area contributed by atoms with Crippen molar-refractivity contribution in [1.29, 1.82) is 0 Å². The summed E-state index contributed by atoms with van der Waals surface area (Å²) >= 11 is 0. The second kappa shape index (κ2) is 8.81. The van der Waals surface area contributed by atoms with Gasteiger partial charge in [-0.1, -0.05) is 5.16 Å². The molecule has 1 saturated heterocycles. The first-order valence-electron chi connectivity index (χ1n) is 11.1. The minimum Gasteiger partial charge on any atom is -0.497 e. The van der Waals surface area contributed by atoms with Crippen LogP contribution in [0.5, 0.6) is 11.5 Å². The topological polar surface area (TPSA) is 82.6 Å². The van der Waals surface area contributed by atoms with Crippen molar-refractivity contribution in [3.8, 4) is 34.3 Å². The fourth-order valence-corrected chi connectivity index (χ4v) is 4.41. The van der Waals surface area contributed by atoms with Crippen molar-refractivity contribution in [3.63, 3.8) is 0 Å². The molecule has 1 fully saturated rings. The molecule has 1 aliphatic rings. The number of fused-ring (bicyclic) bond motifs is 1. The van der Waals surface area contributed by atoms with E-state index in [9.17, 15) is 4.79 Å². The summed E-state index contributed by atoms with van der Waals surface area (Å²) in [6.45, 7) is 1.63. The van der Waals surface area contributed by atoms with E-state index in [2.05, 4.69) is 10.1 Å². The van der Waals surface area contributed by atoms with E-state index >= 15 is 4.39 Å². The van der Waals surface area contributed by atoms with Crippen LogP contribution in [0.15, 0.2) is 45.8 Å². The summed E-state index contributed by atoms with van der Waals surface area (Å²) in [5, 5.41) is 4.30. The molecule has 0 N–H and O–H groups in total. The van der Waals surface area contributed by atoms with Gasteiger partial charge in [-0.2, -0.15) is 4.98 Å². The van der Waals surface area contributed by atoms with Gasteiger partial charge in [-0.25, -0.2) is 4.39 Å². The van der Waals surface area contributed by atoms with Gasteiger partial charge in [0.15, 0.2) is 0 Å². The van der Waals surface area contributed by atoms with Crippen LogP contribution >= 0.6 is 0 Å². The van der Waals surface area contributed by atoms with Gasteiger partial charge >= 0.3 is 0 Å². The van der Waals surface area contributed by atoms with E-state index in [0.29, 0.717) is 28.3 Å². The van der Waals surface area contributed by atoms with Crippen LogP contribution in [0.25, 0.3) is 33.7 Å². The van der Waals surface area contributed by atoms with E-state index in [1.807, 2.05) is 11.9 Å². The molecule has 3 heterocycles. The number of hydrogen-bond acceptors (Lipinski definition) is 7. The highest BCUT2D eigenvalue weighted by atomic mass is 19.1. The Kier molecular flexibility index (Phi) is 5.69. The Hall–Kier alpha value is -3.88. The lowest BCUT2D eigenvalue weighted by Crippen LogP contribution is -2.30. The van der Waals surface area contributed by atoms with Gasteiger partial charge in [0.25, 0.3) is 5.89 Å². The van der Waals surface area contributed by atoms with Crippen molar-refractivity contribution in [2.45, 2.75) is 19.3 Å². The monoisotopic (exact) mass is 464 g/mol. The molecule has 4 aromatic rings. The molecule has 5 rings (SSSR count). The van der Waals surface area contributed by atoms with Crippen LogP contribution in [0, 0.1) is 5.82 Å². The van der Waals surface area contributed by atoms with Gasteiger partial charge in [-0.15, -0.1) is 0 Å². The molecule has 0 bridgehead atoms. The highest BCUT2D eigenvalue weighted by Gasteiger charge is 2.21. The Morgan fingerprint density at radius 2 is 1.71 bits per heavy atom. The number of aromatic nitrogens is 3. The molecule has 2 aromatic heterocycles. The molecule has 34 heavy (non-hydrogen) atoms. The third-order valence-electron chi connectivity index (χ3n) is 6.22. The van der Waals surface area contributed by atoms with Crippen LogP contribution < -0.4 is 19.8 Å². The number of aryl methyl sites for hydroxylation is 1. The Morgan fingerprint density at radius 3 is 2.38 bits per heavy atom. The van der Waals surface area contributed by atoms with Crippen LogP contribution in [-0.2, 0) is 7.05 Å². The van der Waals surface area contributed by atoms with E-state index in [0.717, 1.165) is 32.4 Å². The zero-order valence-corrected chi connectivity index (χ0v) is 19.3. The van der Waals surface area contributed by atoms with E-state index in [1.165, 1.54) is 6.07 Å². The predicted octanol–water partition coefficient (Wildman–Crippen LogP) is 4.40. The Labute approximate surface area is 195 Å². The Morgan fingerprint density at radius 1 is 1.00 bits per heavy atom. The normalized spacial score (nSPS) is 13.9. The minimum absolute atomic E-state index is 0.0554. The number of pyridine rings is 1. The number of anilines is 1. The number of halogens is 1. The number of rotatable bonds is 5. The van der Waals surface area contributed by atoms with Crippen LogP contribution in [0.3, 0.4) is 0 Å². The summed E-state index contributed by atoms with van der Waals surface area (Å²) in [4.78, 5) is 19.8. The number of benzene rings is 2. The zero-order valence-electron chi connectivity index (χ0n) is 19.3. The molecular weight excluding hydrogens is 439 g/mol. The minimum atomic E-state index is -0.404. The van der Waals surface area contributed by atoms with E-state index in [4.69, 9.17) is 14.0 Å². The van der Waals surface area contributed by atoms with E-state index in [-0.39, 0.29) is 28.1 Å². The molecular formula is C25H25FN4O4. The van der Waals surface area contributed by atoms with Crippen molar-refractivity contribution in [1.82, 2.24) is 14.7 Å². The molecule has 0 unspecified atom stereocenters. The van der Waals surface area contributed by atoms with Gasteiger partial charge < -0.3 is 23.5 Å². The first-order valence-corrected chi connectivity index (χ1v) is 11.1. The maximum atomic E-state index is 15.1. The van der Waals surface area contributed by atoms with Crippen molar-refractivity contribution < 1.29 is 18.4 Å². The molecule has 0 radical (unpaired) electrons. The Balaban J connectivity index is 1.57. The number of piperidine rings is 1. The fourth-order valence-electron chi connectivity index (χ4n) is 4.41. The summed E-state index contributed by atoms with van der Waals surface area (Å²) in [7, 11) is 4.91. The lowest BCUT2D eigenvalue weighted by Gasteiger charge is -2.29. The van der Waals surface area contributed by atoms with Crippen molar-refractivity contribution in [2.24, 2.45) is 7.05 Å². The molecule has 8 nitrogen and oxygen atoms in total. The average Bonchev–Trinajstić information content (AvgIpc) is 3.36. The quantitative estimate of drug-likeness (QED) is 0.433. The van der Waals surface area contributed by atoms with Crippen LogP contribution in [0.4, 0.5) is 10.1 Å². The molecule has 0 spiro atoms. The van der Waals surface area contributed by atoms with Crippen LogP contribution in [-0.4, -0.2) is 42.0 Å². The van der Waals surface area contributed by atoms with Gasteiger partial charge in [-0.3, -0.25) is 4.79 Å². The van der Waals surface area contributed by atoms with Crippen LogP contribution in [0.1, 0.15) is 19.3 Å². The predicted molar refractivity (Wildman–Crippen MR) is 127 cm³/mol. The van der Waals surface area contributed by atoms with Crippen molar-refractivity contribution >= 4 is 16.6 Å². The second-order valence-electron chi connectivity index (χ2n) is 8.38. The first-order chi connectivity index (χ1) is 16.5. The molecule has 176 valence electrons. The van der Waals surface area contributed by atoms with E-state index in [1.54, 1.807) is 49.2 Å². The van der Waals surface area contributed by atoms with Crippen LogP contribution in [0.2, 0.25) is 0 Å². The number of nitrogens with zero attached hydrogens (tertiary/aromatic N) is 4. The number of hydrogen-bond donors (Lipinski definition) is 0. The average molecular weight is 464 g/mol. The van der Waals surface area contributed by atoms with E-state index < -0.39 is 5.82 Å². The summed E-state index contributed by atoms with van der Waals surface area (Å²) in [6, 6.07) is 8.29. The van der Waals surface area contributed by atoms with Crippen molar-refractivity contribution in [3.05, 3.63) is 52.6 Å². The first kappa shape index (κ1) is 21.9. The molecule has 0 amide bonds. The number of methoxy groups -OCH3 is 2. The van der Waals surface area contributed by atoms with Gasteiger partial charge in [0.1, 0.15) is 22.9 Å². The highest BCUT2D eigenvalue weighted by Crippen LogP contribution is 2.31. The summed E-state index contributed by atoms with van der Waals surface area (Å²) in [5.74, 6) is 1.07. The third kappa shape index (κ3) is 3.87.